The van der Waals surface area contributed by atoms with Crippen LogP contribution < -0.4 is 10.6 Å². The number of amides is 2. The molecule has 0 rings (SSSR count). The fraction of sp³-hybridized carbons (Fsp3) is 0.750. The monoisotopic (exact) mass is 298 g/mol. The number of alkyl carbamates (subject to hydrolysis) is 1. The summed E-state index contributed by atoms with van der Waals surface area (Å²) in [5.74, 6) is 0.0287. The van der Waals surface area contributed by atoms with Crippen LogP contribution in [0.5, 0.6) is 0 Å². The van der Waals surface area contributed by atoms with Gasteiger partial charge >= 0.3 is 6.09 Å². The first-order valence-corrected chi connectivity index (χ1v) is 7.41. The maximum atomic E-state index is 11.9. The van der Waals surface area contributed by atoms with E-state index in [2.05, 4.69) is 10.6 Å². The van der Waals surface area contributed by atoms with Gasteiger partial charge in [-0.25, -0.2) is 4.79 Å². The molecule has 5 nitrogen and oxygen atoms in total. The molecule has 0 heterocycles. The lowest BCUT2D eigenvalue weighted by molar-refractivity contribution is -0.117. The summed E-state index contributed by atoms with van der Waals surface area (Å²) in [7, 11) is 0. The molecule has 21 heavy (non-hydrogen) atoms. The zero-order valence-corrected chi connectivity index (χ0v) is 14.5. The Morgan fingerprint density at radius 1 is 1.05 bits per heavy atom. The third-order valence-corrected chi connectivity index (χ3v) is 2.61. The molecule has 2 N–H and O–H groups in total. The summed E-state index contributed by atoms with van der Waals surface area (Å²) in [6.07, 6.45) is 1.29. The SMILES string of the molecule is C/C(=C\[C@@H](NC(=O)OC(C)(C)C)C(C)C)C(=O)NC(C)C. The minimum absolute atomic E-state index is 0.0807. The van der Waals surface area contributed by atoms with Crippen LogP contribution in [0.25, 0.3) is 0 Å². The van der Waals surface area contributed by atoms with Gasteiger partial charge in [0.25, 0.3) is 0 Å². The van der Waals surface area contributed by atoms with Crippen molar-refractivity contribution in [1.82, 2.24) is 10.6 Å². The molecule has 2 amide bonds. The highest BCUT2D eigenvalue weighted by Crippen LogP contribution is 2.11. The lowest BCUT2D eigenvalue weighted by Gasteiger charge is -2.24. The summed E-state index contributed by atoms with van der Waals surface area (Å²) in [6.45, 7) is 15.0. The minimum Gasteiger partial charge on any atom is -0.444 e. The van der Waals surface area contributed by atoms with Crippen molar-refractivity contribution in [2.45, 2.75) is 73.1 Å². The van der Waals surface area contributed by atoms with Crippen LogP contribution in [0, 0.1) is 5.92 Å². The molecule has 0 aliphatic rings. The number of hydrogen-bond acceptors (Lipinski definition) is 3. The smallest absolute Gasteiger partial charge is 0.408 e. The second kappa shape index (κ2) is 8.05. The predicted molar refractivity (Wildman–Crippen MR) is 85.0 cm³/mol. The largest absolute Gasteiger partial charge is 0.444 e. The maximum Gasteiger partial charge on any atom is 0.408 e. The fourth-order valence-corrected chi connectivity index (χ4v) is 1.57. The normalized spacial score (nSPS) is 14.1. The Morgan fingerprint density at radius 3 is 1.95 bits per heavy atom. The molecule has 0 bridgehead atoms. The topological polar surface area (TPSA) is 67.4 Å². The number of rotatable bonds is 5. The molecule has 0 saturated heterocycles. The van der Waals surface area contributed by atoms with Crippen molar-refractivity contribution < 1.29 is 14.3 Å². The van der Waals surface area contributed by atoms with E-state index >= 15 is 0 Å². The van der Waals surface area contributed by atoms with E-state index in [9.17, 15) is 9.59 Å². The molecule has 0 unspecified atom stereocenters. The van der Waals surface area contributed by atoms with E-state index in [1.54, 1.807) is 13.0 Å². The van der Waals surface area contributed by atoms with Crippen LogP contribution >= 0.6 is 0 Å². The van der Waals surface area contributed by atoms with Crippen LogP contribution in [0.2, 0.25) is 0 Å². The molecule has 0 aromatic rings. The molecule has 0 aliphatic carbocycles. The first-order valence-electron chi connectivity index (χ1n) is 7.41. The van der Waals surface area contributed by atoms with Crippen molar-refractivity contribution in [2.24, 2.45) is 5.92 Å². The van der Waals surface area contributed by atoms with Gasteiger partial charge in [-0.2, -0.15) is 0 Å². The molecule has 0 fully saturated rings. The van der Waals surface area contributed by atoms with Gasteiger partial charge in [0.05, 0.1) is 6.04 Å². The van der Waals surface area contributed by atoms with Crippen molar-refractivity contribution >= 4 is 12.0 Å². The molecular formula is C16H30N2O3. The van der Waals surface area contributed by atoms with E-state index in [0.29, 0.717) is 5.57 Å². The van der Waals surface area contributed by atoms with E-state index in [4.69, 9.17) is 4.74 Å². The molecule has 0 spiro atoms. The second-order valence-electron chi connectivity index (χ2n) is 6.89. The number of carbonyl (C=O) groups is 2. The summed E-state index contributed by atoms with van der Waals surface area (Å²) in [5.41, 5.74) is 0.0396. The summed E-state index contributed by atoms with van der Waals surface area (Å²) >= 11 is 0. The van der Waals surface area contributed by atoms with Crippen molar-refractivity contribution in [3.63, 3.8) is 0 Å². The van der Waals surface area contributed by atoms with Crippen molar-refractivity contribution in [2.75, 3.05) is 0 Å². The first-order chi connectivity index (χ1) is 9.42. The highest BCUT2D eigenvalue weighted by Gasteiger charge is 2.21. The molecular weight excluding hydrogens is 268 g/mol. The minimum atomic E-state index is -0.542. The van der Waals surface area contributed by atoms with Crippen molar-refractivity contribution in [3.05, 3.63) is 11.6 Å². The molecule has 0 aliphatic heterocycles. The molecule has 0 aromatic carbocycles. The Kier molecular flexibility index (Phi) is 7.47. The summed E-state index contributed by atoms with van der Waals surface area (Å²) in [6, 6.07) is -0.171. The highest BCUT2D eigenvalue weighted by molar-refractivity contribution is 5.93. The Hall–Kier alpha value is -1.52. The molecule has 122 valence electrons. The van der Waals surface area contributed by atoms with E-state index in [1.165, 1.54) is 0 Å². The zero-order chi connectivity index (χ0) is 16.8. The Morgan fingerprint density at radius 2 is 1.57 bits per heavy atom. The summed E-state index contributed by atoms with van der Waals surface area (Å²) < 4.78 is 5.25. The Labute approximate surface area is 128 Å². The lowest BCUT2D eigenvalue weighted by atomic mass is 10.0. The number of nitrogens with one attached hydrogen (secondary N) is 2. The van der Waals surface area contributed by atoms with Crippen LogP contribution in [0.1, 0.15) is 55.4 Å². The van der Waals surface area contributed by atoms with Gasteiger partial charge in [-0.3, -0.25) is 4.79 Å². The van der Waals surface area contributed by atoms with E-state index < -0.39 is 11.7 Å². The van der Waals surface area contributed by atoms with Gasteiger partial charge in [-0.1, -0.05) is 19.9 Å². The van der Waals surface area contributed by atoms with Gasteiger partial charge in [-0.15, -0.1) is 0 Å². The van der Waals surface area contributed by atoms with Gasteiger partial charge in [0.15, 0.2) is 0 Å². The Balaban J connectivity index is 4.84. The average Bonchev–Trinajstić information content (AvgIpc) is 2.23. The van der Waals surface area contributed by atoms with Crippen molar-refractivity contribution in [1.29, 1.82) is 0 Å². The standard InChI is InChI=1S/C16H30N2O3/c1-10(2)13(18-15(20)21-16(6,7)8)9-12(5)14(19)17-11(3)4/h9-11,13H,1-8H3,(H,17,19)(H,18,20)/b12-9+/t13-/m1/s1. The first kappa shape index (κ1) is 19.5. The fourth-order valence-electron chi connectivity index (χ4n) is 1.57. The molecule has 1 atom stereocenters. The van der Waals surface area contributed by atoms with E-state index in [1.807, 2.05) is 48.5 Å². The van der Waals surface area contributed by atoms with Gasteiger partial charge in [0, 0.05) is 11.6 Å². The van der Waals surface area contributed by atoms with Crippen LogP contribution in [0.3, 0.4) is 0 Å². The second-order valence-corrected chi connectivity index (χ2v) is 6.89. The van der Waals surface area contributed by atoms with Gasteiger partial charge < -0.3 is 15.4 Å². The average molecular weight is 298 g/mol. The Bertz CT molecular complexity index is 393. The number of carbonyl (C=O) groups excluding carboxylic acids is 2. The summed E-state index contributed by atoms with van der Waals surface area (Å²) in [4.78, 5) is 23.7. The zero-order valence-electron chi connectivity index (χ0n) is 14.5. The van der Waals surface area contributed by atoms with Gasteiger partial charge in [-0.05, 0) is 47.5 Å². The van der Waals surface area contributed by atoms with Gasteiger partial charge in [0.2, 0.25) is 5.91 Å². The highest BCUT2D eigenvalue weighted by atomic mass is 16.6. The molecule has 5 heteroatoms. The molecule has 0 radical (unpaired) electrons. The van der Waals surface area contributed by atoms with Crippen molar-refractivity contribution in [3.8, 4) is 0 Å². The van der Waals surface area contributed by atoms with Gasteiger partial charge in [0.1, 0.15) is 5.60 Å². The maximum absolute atomic E-state index is 11.9. The third-order valence-electron chi connectivity index (χ3n) is 2.61. The summed E-state index contributed by atoms with van der Waals surface area (Å²) in [5, 5.41) is 5.62. The number of ether oxygens (including phenoxy) is 1. The quantitative estimate of drug-likeness (QED) is 0.767. The molecule has 0 saturated carbocycles. The van der Waals surface area contributed by atoms with Crippen LogP contribution in [-0.2, 0) is 9.53 Å². The van der Waals surface area contributed by atoms with Crippen LogP contribution in [0.4, 0.5) is 4.79 Å². The van der Waals surface area contributed by atoms with Crippen LogP contribution in [0.15, 0.2) is 11.6 Å². The number of hydrogen-bond donors (Lipinski definition) is 2. The lowest BCUT2D eigenvalue weighted by Crippen LogP contribution is -2.41. The van der Waals surface area contributed by atoms with E-state index in [-0.39, 0.29) is 23.9 Å². The van der Waals surface area contributed by atoms with E-state index in [0.717, 1.165) is 0 Å². The predicted octanol–water partition coefficient (Wildman–Crippen LogP) is 3.01. The molecule has 0 aromatic heterocycles. The van der Waals surface area contributed by atoms with Crippen LogP contribution in [-0.4, -0.2) is 29.7 Å². The third kappa shape index (κ3) is 9.10.